The Bertz CT molecular complexity index is 288. The summed E-state index contributed by atoms with van der Waals surface area (Å²) in [6.45, 7) is 0.0641. The van der Waals surface area contributed by atoms with Crippen LogP contribution in [-0.2, 0) is 4.79 Å². The van der Waals surface area contributed by atoms with Crippen LogP contribution in [0.1, 0.15) is 12.0 Å². The molecule has 0 atom stereocenters. The van der Waals surface area contributed by atoms with E-state index in [1.165, 1.54) is 6.08 Å². The fraction of sp³-hybridized carbons (Fsp3) is 0.182. The molecule has 1 N–H and O–H groups in total. The predicted octanol–water partition coefficient (Wildman–Crippen LogP) is 1.65. The van der Waals surface area contributed by atoms with E-state index in [-0.39, 0.29) is 6.61 Å². The SMILES string of the molecule is O=CC=C(CCO)c1ccccc1. The van der Waals surface area contributed by atoms with E-state index in [2.05, 4.69) is 0 Å². The van der Waals surface area contributed by atoms with E-state index in [1.54, 1.807) is 0 Å². The summed E-state index contributed by atoms with van der Waals surface area (Å²) < 4.78 is 0. The molecule has 1 aromatic rings. The topological polar surface area (TPSA) is 37.3 Å². The molecule has 0 aromatic heterocycles. The minimum atomic E-state index is 0.0641. The molecule has 1 aromatic carbocycles. The van der Waals surface area contributed by atoms with Crippen molar-refractivity contribution in [3.8, 4) is 0 Å². The molecule has 0 radical (unpaired) electrons. The van der Waals surface area contributed by atoms with Gasteiger partial charge in [0.2, 0.25) is 0 Å². The van der Waals surface area contributed by atoms with Gasteiger partial charge in [-0.3, -0.25) is 4.79 Å². The smallest absolute Gasteiger partial charge is 0.143 e. The zero-order valence-electron chi connectivity index (χ0n) is 7.31. The number of hydrogen-bond donors (Lipinski definition) is 1. The highest BCUT2D eigenvalue weighted by Crippen LogP contribution is 2.16. The van der Waals surface area contributed by atoms with E-state index < -0.39 is 0 Å². The third-order valence-electron chi connectivity index (χ3n) is 1.79. The molecule has 0 unspecified atom stereocenters. The van der Waals surface area contributed by atoms with E-state index in [0.717, 1.165) is 17.4 Å². The molecule has 0 heterocycles. The average molecular weight is 176 g/mol. The monoisotopic (exact) mass is 176 g/mol. The number of rotatable bonds is 4. The minimum absolute atomic E-state index is 0.0641. The van der Waals surface area contributed by atoms with Gasteiger partial charge in [-0.1, -0.05) is 30.3 Å². The van der Waals surface area contributed by atoms with Crippen molar-refractivity contribution in [3.63, 3.8) is 0 Å². The Kier molecular flexibility index (Phi) is 3.93. The first-order valence-corrected chi connectivity index (χ1v) is 4.19. The first-order valence-electron chi connectivity index (χ1n) is 4.19. The van der Waals surface area contributed by atoms with Crippen LogP contribution >= 0.6 is 0 Å². The summed E-state index contributed by atoms with van der Waals surface area (Å²) in [5, 5.41) is 8.77. The lowest BCUT2D eigenvalue weighted by atomic mass is 10.0. The van der Waals surface area contributed by atoms with Gasteiger partial charge in [0.05, 0.1) is 0 Å². The average Bonchev–Trinajstić information content (AvgIpc) is 2.19. The Morgan fingerprint density at radius 1 is 1.31 bits per heavy atom. The zero-order chi connectivity index (χ0) is 9.52. The summed E-state index contributed by atoms with van der Waals surface area (Å²) >= 11 is 0. The second kappa shape index (κ2) is 5.27. The van der Waals surface area contributed by atoms with Crippen LogP contribution in [0.25, 0.3) is 5.57 Å². The summed E-state index contributed by atoms with van der Waals surface area (Å²) in [4.78, 5) is 10.3. The molecule has 0 saturated carbocycles. The van der Waals surface area contributed by atoms with Gasteiger partial charge >= 0.3 is 0 Å². The number of carbonyl (C=O) groups is 1. The molecule has 0 amide bonds. The molecule has 0 aliphatic carbocycles. The van der Waals surface area contributed by atoms with E-state index in [4.69, 9.17) is 5.11 Å². The van der Waals surface area contributed by atoms with E-state index >= 15 is 0 Å². The fourth-order valence-electron chi connectivity index (χ4n) is 1.18. The largest absolute Gasteiger partial charge is 0.396 e. The lowest BCUT2D eigenvalue weighted by Gasteiger charge is -2.03. The molecule has 68 valence electrons. The first-order chi connectivity index (χ1) is 6.38. The number of hydrogen-bond acceptors (Lipinski definition) is 2. The van der Waals surface area contributed by atoms with Gasteiger partial charge in [0.15, 0.2) is 0 Å². The van der Waals surface area contributed by atoms with Crippen molar-refractivity contribution in [1.29, 1.82) is 0 Å². The molecule has 2 nitrogen and oxygen atoms in total. The van der Waals surface area contributed by atoms with Gasteiger partial charge in [0, 0.05) is 6.61 Å². The third-order valence-corrected chi connectivity index (χ3v) is 1.79. The molecule has 2 heteroatoms. The number of allylic oxidation sites excluding steroid dienone is 1. The number of aldehydes is 1. The van der Waals surface area contributed by atoms with Crippen molar-refractivity contribution in [3.05, 3.63) is 42.0 Å². The molecular formula is C11H12O2. The quantitative estimate of drug-likeness (QED) is 0.559. The van der Waals surface area contributed by atoms with Crippen LogP contribution in [0.5, 0.6) is 0 Å². The van der Waals surface area contributed by atoms with Gasteiger partial charge in [0.25, 0.3) is 0 Å². The Morgan fingerprint density at radius 3 is 2.54 bits per heavy atom. The summed E-state index contributed by atoms with van der Waals surface area (Å²) in [5.41, 5.74) is 1.86. The van der Waals surface area contributed by atoms with Gasteiger partial charge in [-0.05, 0) is 23.6 Å². The lowest BCUT2D eigenvalue weighted by Crippen LogP contribution is -1.89. The Balaban J connectivity index is 2.89. The summed E-state index contributed by atoms with van der Waals surface area (Å²) in [6, 6.07) is 9.58. The molecular weight excluding hydrogens is 164 g/mol. The minimum Gasteiger partial charge on any atom is -0.396 e. The first kappa shape index (κ1) is 9.68. The Labute approximate surface area is 77.5 Å². The van der Waals surface area contributed by atoms with Crippen LogP contribution in [0, 0.1) is 0 Å². The van der Waals surface area contributed by atoms with Crippen molar-refractivity contribution >= 4 is 11.9 Å². The molecule has 0 saturated heterocycles. The number of carbonyl (C=O) groups excluding carboxylic acids is 1. The molecule has 0 aliphatic rings. The van der Waals surface area contributed by atoms with Gasteiger partial charge in [0.1, 0.15) is 6.29 Å². The fourth-order valence-corrected chi connectivity index (χ4v) is 1.18. The van der Waals surface area contributed by atoms with Crippen molar-refractivity contribution in [1.82, 2.24) is 0 Å². The van der Waals surface area contributed by atoms with Crippen LogP contribution in [0.15, 0.2) is 36.4 Å². The second-order valence-corrected chi connectivity index (χ2v) is 2.67. The summed E-state index contributed by atoms with van der Waals surface area (Å²) in [7, 11) is 0. The van der Waals surface area contributed by atoms with E-state index in [0.29, 0.717) is 6.42 Å². The summed E-state index contributed by atoms with van der Waals surface area (Å²) in [5.74, 6) is 0. The Morgan fingerprint density at radius 2 is 2.00 bits per heavy atom. The lowest BCUT2D eigenvalue weighted by molar-refractivity contribution is -0.104. The van der Waals surface area contributed by atoms with Crippen molar-refractivity contribution in [2.24, 2.45) is 0 Å². The zero-order valence-corrected chi connectivity index (χ0v) is 7.31. The van der Waals surface area contributed by atoms with Gasteiger partial charge in [-0.25, -0.2) is 0 Å². The van der Waals surface area contributed by atoms with Gasteiger partial charge in [-0.15, -0.1) is 0 Å². The highest BCUT2D eigenvalue weighted by atomic mass is 16.3. The van der Waals surface area contributed by atoms with Gasteiger partial charge in [-0.2, -0.15) is 0 Å². The van der Waals surface area contributed by atoms with E-state index in [9.17, 15) is 4.79 Å². The molecule has 1 rings (SSSR count). The number of aliphatic hydroxyl groups excluding tert-OH is 1. The molecule has 0 bridgehead atoms. The van der Waals surface area contributed by atoms with Crippen LogP contribution in [0.4, 0.5) is 0 Å². The van der Waals surface area contributed by atoms with E-state index in [1.807, 2.05) is 30.3 Å². The number of benzene rings is 1. The van der Waals surface area contributed by atoms with Crippen molar-refractivity contribution in [2.45, 2.75) is 6.42 Å². The molecule has 0 fully saturated rings. The highest BCUT2D eigenvalue weighted by Gasteiger charge is 1.98. The highest BCUT2D eigenvalue weighted by molar-refractivity contribution is 5.81. The van der Waals surface area contributed by atoms with Gasteiger partial charge < -0.3 is 5.11 Å². The van der Waals surface area contributed by atoms with Crippen molar-refractivity contribution in [2.75, 3.05) is 6.61 Å². The second-order valence-electron chi connectivity index (χ2n) is 2.67. The maximum Gasteiger partial charge on any atom is 0.143 e. The Hall–Kier alpha value is -1.41. The van der Waals surface area contributed by atoms with Crippen LogP contribution in [0.3, 0.4) is 0 Å². The van der Waals surface area contributed by atoms with Crippen LogP contribution in [-0.4, -0.2) is 18.0 Å². The van der Waals surface area contributed by atoms with Crippen LogP contribution < -0.4 is 0 Å². The molecule has 13 heavy (non-hydrogen) atoms. The predicted molar refractivity (Wildman–Crippen MR) is 52.2 cm³/mol. The summed E-state index contributed by atoms with van der Waals surface area (Å²) in [6.07, 6.45) is 2.76. The standard InChI is InChI=1S/C11H12O2/c12-8-6-11(7-9-13)10-4-2-1-3-5-10/h1-6,8,13H,7,9H2. The maximum atomic E-state index is 10.3. The molecule has 0 aliphatic heterocycles. The van der Waals surface area contributed by atoms with Crippen LogP contribution in [0.2, 0.25) is 0 Å². The van der Waals surface area contributed by atoms with Crippen molar-refractivity contribution < 1.29 is 9.90 Å². The number of aliphatic hydroxyl groups is 1. The normalized spacial score (nSPS) is 11.3. The maximum absolute atomic E-state index is 10.3. The molecule has 0 spiro atoms. The third kappa shape index (κ3) is 2.84.